The summed E-state index contributed by atoms with van der Waals surface area (Å²) >= 11 is 0. The number of hydrogen-bond acceptors (Lipinski definition) is 4. The minimum absolute atomic E-state index is 0.627. The second-order valence-corrected chi connectivity index (χ2v) is 13.2. The highest BCUT2D eigenvalue weighted by Crippen LogP contribution is 2.35. The molecule has 0 amide bonds. The van der Waals surface area contributed by atoms with E-state index in [1.54, 1.807) is 0 Å². The van der Waals surface area contributed by atoms with Crippen LogP contribution in [0.15, 0.2) is 188 Å². The Morgan fingerprint density at radius 1 is 0.283 bits per heavy atom. The lowest BCUT2D eigenvalue weighted by molar-refractivity contribution is 1.07. The molecule has 4 heteroatoms. The molecule has 0 aliphatic heterocycles. The summed E-state index contributed by atoms with van der Waals surface area (Å²) in [6.45, 7) is 2.01. The molecule has 0 saturated heterocycles. The first kappa shape index (κ1) is 31.9. The molecule has 4 nitrogen and oxygen atoms in total. The smallest absolute Gasteiger partial charge is 0.164 e. The van der Waals surface area contributed by atoms with Crippen LogP contribution < -0.4 is 0 Å². The van der Waals surface area contributed by atoms with Crippen molar-refractivity contribution in [3.63, 3.8) is 0 Å². The molecule has 0 spiro atoms. The van der Waals surface area contributed by atoms with Gasteiger partial charge < -0.3 is 0 Å². The van der Waals surface area contributed by atoms with Gasteiger partial charge in [0.25, 0.3) is 0 Å². The highest BCUT2D eigenvalue weighted by Gasteiger charge is 2.15. The van der Waals surface area contributed by atoms with E-state index in [9.17, 15) is 0 Å². The number of aryl methyl sites for hydroxylation is 1. The van der Waals surface area contributed by atoms with Gasteiger partial charge in [0.2, 0.25) is 0 Å². The lowest BCUT2D eigenvalue weighted by Crippen LogP contribution is -2.00. The summed E-state index contributed by atoms with van der Waals surface area (Å²) in [7, 11) is 0. The maximum absolute atomic E-state index is 5.08. The second kappa shape index (κ2) is 13.9. The molecule has 53 heavy (non-hydrogen) atoms. The molecule has 0 radical (unpaired) electrons. The topological polar surface area (TPSA) is 51.6 Å². The molecule has 0 N–H and O–H groups in total. The van der Waals surface area contributed by atoms with Crippen molar-refractivity contribution in [3.8, 4) is 78.7 Å². The first-order valence-corrected chi connectivity index (χ1v) is 17.8. The van der Waals surface area contributed by atoms with E-state index in [2.05, 4.69) is 120 Å². The van der Waals surface area contributed by atoms with Crippen molar-refractivity contribution in [2.75, 3.05) is 0 Å². The monoisotopic (exact) mass is 678 g/mol. The van der Waals surface area contributed by atoms with Crippen molar-refractivity contribution in [1.82, 2.24) is 19.9 Å². The summed E-state index contributed by atoms with van der Waals surface area (Å²) in [5, 5.41) is 2.41. The number of aromatic nitrogens is 4. The van der Waals surface area contributed by atoms with E-state index in [-0.39, 0.29) is 0 Å². The summed E-state index contributed by atoms with van der Waals surface area (Å²) in [4.78, 5) is 19.6. The van der Waals surface area contributed by atoms with Crippen LogP contribution >= 0.6 is 0 Å². The molecule has 0 atom stereocenters. The molecule has 0 saturated carbocycles. The van der Waals surface area contributed by atoms with E-state index in [0.29, 0.717) is 17.5 Å². The first-order chi connectivity index (χ1) is 26.1. The van der Waals surface area contributed by atoms with Crippen LogP contribution in [0.1, 0.15) is 5.69 Å². The lowest BCUT2D eigenvalue weighted by atomic mass is 9.93. The normalized spacial score (nSPS) is 11.1. The first-order valence-electron chi connectivity index (χ1n) is 17.8. The molecule has 9 aromatic rings. The maximum Gasteiger partial charge on any atom is 0.164 e. The molecule has 250 valence electrons. The van der Waals surface area contributed by atoms with Gasteiger partial charge in [-0.1, -0.05) is 152 Å². The predicted molar refractivity (Wildman–Crippen MR) is 218 cm³/mol. The minimum Gasteiger partial charge on any atom is -0.261 e. The van der Waals surface area contributed by atoms with Crippen LogP contribution in [0.5, 0.6) is 0 Å². The van der Waals surface area contributed by atoms with Crippen molar-refractivity contribution in [3.05, 3.63) is 194 Å². The largest absolute Gasteiger partial charge is 0.261 e. The van der Waals surface area contributed by atoms with E-state index < -0.39 is 0 Å². The standard InChI is InChI=1S/C49H34N4/c1-33-16-17-43(32-50-33)37-22-18-35(19-23-37)36-20-24-38(25-21-36)44-29-45(42-27-26-34-10-8-9-15-41(34)28-42)31-46(30-44)49-52-47(39-11-4-2-5-12-39)51-48(53-49)40-13-6-3-7-14-40/h2-32H,1H3. The summed E-state index contributed by atoms with van der Waals surface area (Å²) in [5.41, 5.74) is 12.8. The van der Waals surface area contributed by atoms with Gasteiger partial charge in [-0.25, -0.2) is 15.0 Å². The zero-order chi connectivity index (χ0) is 35.6. The van der Waals surface area contributed by atoms with Gasteiger partial charge in [0.05, 0.1) is 0 Å². The number of hydrogen-bond donors (Lipinski definition) is 0. The zero-order valence-electron chi connectivity index (χ0n) is 29.2. The van der Waals surface area contributed by atoms with Gasteiger partial charge in [-0.15, -0.1) is 0 Å². The third kappa shape index (κ3) is 6.74. The molecule has 2 heterocycles. The molecule has 2 aromatic heterocycles. The van der Waals surface area contributed by atoms with Crippen molar-refractivity contribution >= 4 is 10.8 Å². The second-order valence-electron chi connectivity index (χ2n) is 13.2. The summed E-state index contributed by atoms with van der Waals surface area (Å²) < 4.78 is 0. The predicted octanol–water partition coefficient (Wildman–Crippen LogP) is 12.4. The summed E-state index contributed by atoms with van der Waals surface area (Å²) in [5.74, 6) is 1.91. The Morgan fingerprint density at radius 2 is 0.698 bits per heavy atom. The molecule has 7 aromatic carbocycles. The SMILES string of the molecule is Cc1ccc(-c2ccc(-c3ccc(-c4cc(-c5ccc6ccccc6c5)cc(-c5nc(-c6ccccc6)nc(-c6ccccc6)n5)c4)cc3)cc2)cn1. The number of benzene rings is 7. The van der Waals surface area contributed by atoms with Crippen molar-refractivity contribution in [2.24, 2.45) is 0 Å². The van der Waals surface area contributed by atoms with E-state index in [4.69, 9.17) is 15.0 Å². The molecule has 0 aliphatic carbocycles. The Labute approximate surface area is 309 Å². The molecule has 0 aliphatic rings. The lowest BCUT2D eigenvalue weighted by Gasteiger charge is -2.13. The Balaban J connectivity index is 1.15. The number of fused-ring (bicyclic) bond motifs is 1. The highest BCUT2D eigenvalue weighted by molar-refractivity contribution is 5.89. The van der Waals surface area contributed by atoms with Gasteiger partial charge in [-0.2, -0.15) is 0 Å². The van der Waals surface area contributed by atoms with Gasteiger partial charge in [0.15, 0.2) is 17.5 Å². The molecule has 0 unspecified atom stereocenters. The van der Waals surface area contributed by atoms with Gasteiger partial charge in [-0.3, -0.25) is 4.98 Å². The minimum atomic E-state index is 0.627. The Bertz CT molecular complexity index is 2630. The van der Waals surface area contributed by atoms with Crippen LogP contribution in [0, 0.1) is 6.92 Å². The molecule has 9 rings (SSSR count). The summed E-state index contributed by atoms with van der Waals surface area (Å²) in [6, 6.07) is 63.7. The average molecular weight is 679 g/mol. The van der Waals surface area contributed by atoms with Crippen LogP contribution in [0.2, 0.25) is 0 Å². The Hall–Kier alpha value is -7.04. The molecule has 0 fully saturated rings. The van der Waals surface area contributed by atoms with E-state index in [1.807, 2.05) is 79.9 Å². The van der Waals surface area contributed by atoms with Crippen molar-refractivity contribution < 1.29 is 0 Å². The van der Waals surface area contributed by atoms with E-state index in [0.717, 1.165) is 66.9 Å². The summed E-state index contributed by atoms with van der Waals surface area (Å²) in [6.07, 6.45) is 1.93. The Morgan fingerprint density at radius 3 is 1.25 bits per heavy atom. The fraction of sp³-hybridized carbons (Fsp3) is 0.0204. The fourth-order valence-electron chi connectivity index (χ4n) is 6.75. The Kier molecular flexibility index (Phi) is 8.39. The van der Waals surface area contributed by atoms with Gasteiger partial charge in [-0.05, 0) is 87.0 Å². The molecular formula is C49H34N4. The number of rotatable bonds is 7. The number of pyridine rings is 1. The third-order valence-corrected chi connectivity index (χ3v) is 9.65. The van der Waals surface area contributed by atoms with Gasteiger partial charge in [0.1, 0.15) is 0 Å². The van der Waals surface area contributed by atoms with Crippen LogP contribution in [0.25, 0.3) is 89.4 Å². The quantitative estimate of drug-likeness (QED) is 0.168. The van der Waals surface area contributed by atoms with Gasteiger partial charge >= 0.3 is 0 Å². The average Bonchev–Trinajstić information content (AvgIpc) is 3.24. The van der Waals surface area contributed by atoms with E-state index >= 15 is 0 Å². The maximum atomic E-state index is 5.08. The fourth-order valence-corrected chi connectivity index (χ4v) is 6.75. The molecule has 0 bridgehead atoms. The van der Waals surface area contributed by atoms with Crippen molar-refractivity contribution in [1.29, 1.82) is 0 Å². The van der Waals surface area contributed by atoms with Crippen molar-refractivity contribution in [2.45, 2.75) is 6.92 Å². The van der Waals surface area contributed by atoms with E-state index in [1.165, 1.54) is 10.8 Å². The molecular weight excluding hydrogens is 645 g/mol. The highest BCUT2D eigenvalue weighted by atomic mass is 15.0. The van der Waals surface area contributed by atoms with Crippen LogP contribution in [0.3, 0.4) is 0 Å². The van der Waals surface area contributed by atoms with Crippen LogP contribution in [-0.4, -0.2) is 19.9 Å². The van der Waals surface area contributed by atoms with Crippen LogP contribution in [0.4, 0.5) is 0 Å². The zero-order valence-corrected chi connectivity index (χ0v) is 29.2. The number of nitrogens with zero attached hydrogens (tertiary/aromatic N) is 4. The van der Waals surface area contributed by atoms with Gasteiger partial charge in [0, 0.05) is 34.1 Å². The van der Waals surface area contributed by atoms with Crippen LogP contribution in [-0.2, 0) is 0 Å². The third-order valence-electron chi connectivity index (χ3n) is 9.65.